The van der Waals surface area contributed by atoms with Crippen molar-refractivity contribution in [2.75, 3.05) is 11.9 Å². The monoisotopic (exact) mass is 273 g/mol. The molecular weight excluding hydrogens is 262 g/mol. The van der Waals surface area contributed by atoms with Gasteiger partial charge in [-0.3, -0.25) is 10.1 Å². The molecule has 7 heteroatoms. The van der Waals surface area contributed by atoms with Gasteiger partial charge in [0.05, 0.1) is 10.5 Å². The fraction of sp³-hybridized carbons (Fsp3) is 0.0769. The largest absolute Gasteiger partial charge is 0.478 e. The van der Waals surface area contributed by atoms with Crippen molar-refractivity contribution >= 4 is 23.2 Å². The van der Waals surface area contributed by atoms with Crippen molar-refractivity contribution in [3.05, 3.63) is 58.3 Å². The van der Waals surface area contributed by atoms with Gasteiger partial charge < -0.3 is 10.0 Å². The van der Waals surface area contributed by atoms with E-state index in [0.717, 1.165) is 12.3 Å². The molecule has 0 bridgehead atoms. The number of aromatic carboxylic acids is 1. The van der Waals surface area contributed by atoms with Crippen molar-refractivity contribution in [3.63, 3.8) is 0 Å². The van der Waals surface area contributed by atoms with Crippen LogP contribution in [0.3, 0.4) is 0 Å². The van der Waals surface area contributed by atoms with Crippen molar-refractivity contribution in [2.24, 2.45) is 0 Å². The van der Waals surface area contributed by atoms with Gasteiger partial charge in [-0.2, -0.15) is 0 Å². The molecule has 0 aliphatic rings. The van der Waals surface area contributed by atoms with E-state index < -0.39 is 10.9 Å². The van der Waals surface area contributed by atoms with Crippen LogP contribution in [-0.2, 0) is 0 Å². The zero-order valence-corrected chi connectivity index (χ0v) is 10.6. The summed E-state index contributed by atoms with van der Waals surface area (Å²) in [6, 6.07) is 9.97. The maximum absolute atomic E-state index is 11.1. The Bertz CT molecular complexity index is 658. The number of nitrogens with zero attached hydrogens (tertiary/aromatic N) is 3. The summed E-state index contributed by atoms with van der Waals surface area (Å²) in [6.07, 6.45) is 1.10. The minimum absolute atomic E-state index is 0.0891. The van der Waals surface area contributed by atoms with Crippen molar-refractivity contribution in [3.8, 4) is 0 Å². The summed E-state index contributed by atoms with van der Waals surface area (Å²) in [5, 5.41) is 19.9. The third kappa shape index (κ3) is 2.56. The van der Waals surface area contributed by atoms with Gasteiger partial charge in [-0.25, -0.2) is 9.78 Å². The summed E-state index contributed by atoms with van der Waals surface area (Å²) in [6.45, 7) is 0. The van der Waals surface area contributed by atoms with Crippen LogP contribution >= 0.6 is 0 Å². The topological polar surface area (TPSA) is 96.6 Å². The van der Waals surface area contributed by atoms with E-state index in [2.05, 4.69) is 4.98 Å². The van der Waals surface area contributed by atoms with E-state index in [1.807, 2.05) is 6.07 Å². The minimum Gasteiger partial charge on any atom is -0.478 e. The maximum atomic E-state index is 11.1. The summed E-state index contributed by atoms with van der Waals surface area (Å²) in [5.41, 5.74) is 0.143. The molecule has 1 heterocycles. The second-order valence-corrected chi connectivity index (χ2v) is 4.02. The van der Waals surface area contributed by atoms with Gasteiger partial charge in [0.2, 0.25) is 5.82 Å². The third-order valence-corrected chi connectivity index (χ3v) is 2.75. The molecule has 0 fully saturated rings. The van der Waals surface area contributed by atoms with Crippen LogP contribution in [0.2, 0.25) is 0 Å². The Hall–Kier alpha value is -2.96. The Morgan fingerprint density at radius 2 is 2.00 bits per heavy atom. The molecule has 0 saturated carbocycles. The van der Waals surface area contributed by atoms with Gasteiger partial charge in [-0.1, -0.05) is 18.2 Å². The summed E-state index contributed by atoms with van der Waals surface area (Å²) >= 11 is 0. The van der Waals surface area contributed by atoms with Gasteiger partial charge in [-0.05, 0) is 12.1 Å². The van der Waals surface area contributed by atoms with Gasteiger partial charge >= 0.3 is 11.7 Å². The van der Waals surface area contributed by atoms with E-state index in [1.165, 1.54) is 4.90 Å². The van der Waals surface area contributed by atoms with Crippen LogP contribution in [0.4, 0.5) is 17.2 Å². The fourth-order valence-corrected chi connectivity index (χ4v) is 1.73. The Morgan fingerprint density at radius 1 is 1.35 bits per heavy atom. The van der Waals surface area contributed by atoms with Gasteiger partial charge in [0.25, 0.3) is 0 Å². The number of nitro groups is 1. The lowest BCUT2D eigenvalue weighted by Gasteiger charge is -2.18. The number of carbonyl (C=O) groups is 1. The molecule has 1 aromatic heterocycles. The summed E-state index contributed by atoms with van der Waals surface area (Å²) < 4.78 is 0. The highest BCUT2D eigenvalue weighted by molar-refractivity contribution is 5.89. The van der Waals surface area contributed by atoms with Crippen LogP contribution in [0, 0.1) is 10.1 Å². The van der Waals surface area contributed by atoms with Crippen LogP contribution in [0.25, 0.3) is 0 Å². The molecule has 0 aliphatic carbocycles. The quantitative estimate of drug-likeness (QED) is 0.678. The summed E-state index contributed by atoms with van der Waals surface area (Å²) in [5.74, 6) is -1.17. The number of carboxylic acids is 1. The molecule has 0 atom stereocenters. The average Bonchev–Trinajstić information content (AvgIpc) is 2.46. The molecular formula is C13H11N3O4. The number of aromatic nitrogens is 1. The van der Waals surface area contributed by atoms with Crippen LogP contribution < -0.4 is 4.90 Å². The molecule has 7 nitrogen and oxygen atoms in total. The van der Waals surface area contributed by atoms with Gasteiger partial charge in [0.15, 0.2) is 0 Å². The predicted molar refractivity (Wildman–Crippen MR) is 72.4 cm³/mol. The second kappa shape index (κ2) is 5.35. The number of benzene rings is 1. The van der Waals surface area contributed by atoms with Crippen molar-refractivity contribution in [2.45, 2.75) is 0 Å². The van der Waals surface area contributed by atoms with E-state index in [1.54, 1.807) is 31.3 Å². The molecule has 2 aromatic rings. The molecule has 0 spiro atoms. The fourth-order valence-electron chi connectivity index (χ4n) is 1.73. The zero-order valence-electron chi connectivity index (χ0n) is 10.6. The standard InChI is InChI=1S/C13H11N3O4/c1-15(10-5-3-2-4-6-10)12-11(16(19)20)7-9(8-14-12)13(17)18/h2-8H,1H3,(H,17,18). The molecule has 0 aliphatic heterocycles. The number of hydrogen-bond donors (Lipinski definition) is 1. The molecule has 1 aromatic carbocycles. The molecule has 0 amide bonds. The predicted octanol–water partition coefficient (Wildman–Crippen LogP) is 2.46. The van der Waals surface area contributed by atoms with Crippen molar-refractivity contribution in [1.29, 1.82) is 0 Å². The minimum atomic E-state index is -1.26. The van der Waals surface area contributed by atoms with Crippen LogP contribution in [-0.4, -0.2) is 28.0 Å². The first kappa shape index (κ1) is 13.5. The Morgan fingerprint density at radius 3 is 2.55 bits per heavy atom. The maximum Gasteiger partial charge on any atom is 0.337 e. The SMILES string of the molecule is CN(c1ccccc1)c1ncc(C(=O)O)cc1[N+](=O)[O-]. The van der Waals surface area contributed by atoms with E-state index in [0.29, 0.717) is 5.69 Å². The van der Waals surface area contributed by atoms with E-state index in [9.17, 15) is 14.9 Å². The number of pyridine rings is 1. The second-order valence-electron chi connectivity index (χ2n) is 4.02. The normalized spacial score (nSPS) is 10.1. The van der Waals surface area contributed by atoms with Crippen molar-refractivity contribution < 1.29 is 14.8 Å². The molecule has 102 valence electrons. The van der Waals surface area contributed by atoms with E-state index in [4.69, 9.17) is 5.11 Å². The third-order valence-electron chi connectivity index (χ3n) is 2.75. The lowest BCUT2D eigenvalue weighted by Crippen LogP contribution is -2.14. The molecule has 0 radical (unpaired) electrons. The highest BCUT2D eigenvalue weighted by Crippen LogP contribution is 2.30. The Balaban J connectivity index is 2.51. The number of para-hydroxylation sites is 1. The Labute approximate surface area is 114 Å². The van der Waals surface area contributed by atoms with Gasteiger partial charge in [0, 0.05) is 25.0 Å². The number of carboxylic acid groups (broad SMARTS) is 1. The first-order valence-corrected chi connectivity index (χ1v) is 5.67. The molecule has 0 unspecified atom stereocenters. The molecule has 2 rings (SSSR count). The van der Waals surface area contributed by atoms with Gasteiger partial charge in [0.1, 0.15) is 0 Å². The lowest BCUT2D eigenvalue weighted by atomic mass is 10.2. The number of rotatable bonds is 4. The van der Waals surface area contributed by atoms with E-state index >= 15 is 0 Å². The smallest absolute Gasteiger partial charge is 0.337 e. The first-order valence-electron chi connectivity index (χ1n) is 5.67. The summed E-state index contributed by atoms with van der Waals surface area (Å²) in [7, 11) is 1.63. The number of hydrogen-bond acceptors (Lipinski definition) is 5. The lowest BCUT2D eigenvalue weighted by molar-refractivity contribution is -0.384. The van der Waals surface area contributed by atoms with Crippen molar-refractivity contribution in [1.82, 2.24) is 4.98 Å². The molecule has 0 saturated heterocycles. The number of anilines is 2. The van der Waals surface area contributed by atoms with Crippen LogP contribution in [0.5, 0.6) is 0 Å². The van der Waals surface area contributed by atoms with Gasteiger partial charge in [-0.15, -0.1) is 0 Å². The molecule has 20 heavy (non-hydrogen) atoms. The molecule has 1 N–H and O–H groups in total. The van der Waals surface area contributed by atoms with E-state index in [-0.39, 0.29) is 17.1 Å². The van der Waals surface area contributed by atoms with Crippen LogP contribution in [0.15, 0.2) is 42.6 Å². The highest BCUT2D eigenvalue weighted by Gasteiger charge is 2.22. The highest BCUT2D eigenvalue weighted by atomic mass is 16.6. The Kier molecular flexibility index (Phi) is 3.60. The zero-order chi connectivity index (χ0) is 14.7. The van der Waals surface area contributed by atoms with Crippen LogP contribution in [0.1, 0.15) is 10.4 Å². The summed E-state index contributed by atoms with van der Waals surface area (Å²) in [4.78, 5) is 26.7. The first-order chi connectivity index (χ1) is 9.50. The average molecular weight is 273 g/mol.